The molecule has 3 aromatic rings. The number of rotatable bonds is 7. The van der Waals surface area contributed by atoms with E-state index >= 15 is 0 Å². The molecule has 11 heteroatoms. The van der Waals surface area contributed by atoms with Crippen molar-refractivity contribution in [3.05, 3.63) is 72.3 Å². The van der Waals surface area contributed by atoms with Crippen molar-refractivity contribution in [3.63, 3.8) is 0 Å². The maximum atomic E-state index is 13.9. The fourth-order valence-corrected chi connectivity index (χ4v) is 6.23. The molecule has 1 amide bonds. The van der Waals surface area contributed by atoms with Crippen molar-refractivity contribution in [2.75, 3.05) is 18.0 Å². The molecule has 0 saturated heterocycles. The van der Waals surface area contributed by atoms with Crippen LogP contribution in [0.4, 0.5) is 18.9 Å². The number of methoxy groups -OCH3 is 1. The molecule has 1 N–H and O–H groups in total. The average molecular weight is 563 g/mol. The molecule has 0 saturated carbocycles. The molecular weight excluding hydrogens is 533 g/mol. The van der Waals surface area contributed by atoms with Gasteiger partial charge >= 0.3 is 6.18 Å². The van der Waals surface area contributed by atoms with Gasteiger partial charge in [0.15, 0.2) is 0 Å². The van der Waals surface area contributed by atoms with Crippen LogP contribution in [0.15, 0.2) is 71.6 Å². The molecule has 0 aromatic heterocycles. The van der Waals surface area contributed by atoms with E-state index in [4.69, 9.17) is 9.47 Å². The quantitative estimate of drug-likeness (QED) is 0.403. The highest BCUT2D eigenvalue weighted by Crippen LogP contribution is 2.42. The molecule has 39 heavy (non-hydrogen) atoms. The van der Waals surface area contributed by atoms with E-state index in [1.807, 2.05) is 6.07 Å². The third-order valence-corrected chi connectivity index (χ3v) is 8.07. The van der Waals surface area contributed by atoms with Crippen LogP contribution in [-0.2, 0) is 21.0 Å². The molecule has 0 bridgehead atoms. The Kier molecular flexibility index (Phi) is 7.57. The van der Waals surface area contributed by atoms with E-state index in [1.165, 1.54) is 14.0 Å². The Hall–Kier alpha value is -3.73. The van der Waals surface area contributed by atoms with Crippen LogP contribution in [-0.4, -0.2) is 39.6 Å². The van der Waals surface area contributed by atoms with Gasteiger partial charge in [0, 0.05) is 18.9 Å². The molecule has 7 nitrogen and oxygen atoms in total. The fraction of sp³-hybridized carbons (Fsp3) is 0.321. The van der Waals surface area contributed by atoms with Crippen molar-refractivity contribution in [2.24, 2.45) is 0 Å². The maximum Gasteiger partial charge on any atom is 0.416 e. The summed E-state index contributed by atoms with van der Waals surface area (Å²) in [5.41, 5.74) is -0.188. The lowest BCUT2D eigenvalue weighted by Gasteiger charge is -2.39. The van der Waals surface area contributed by atoms with Gasteiger partial charge in [-0.1, -0.05) is 24.3 Å². The van der Waals surface area contributed by atoms with Gasteiger partial charge in [-0.15, -0.1) is 0 Å². The average Bonchev–Trinajstić information content (AvgIpc) is 2.86. The third kappa shape index (κ3) is 6.30. The highest BCUT2D eigenvalue weighted by Gasteiger charge is 2.39. The molecule has 1 aliphatic rings. The van der Waals surface area contributed by atoms with Crippen LogP contribution in [0.3, 0.4) is 0 Å². The van der Waals surface area contributed by atoms with Crippen molar-refractivity contribution >= 4 is 21.6 Å². The summed E-state index contributed by atoms with van der Waals surface area (Å²) in [7, 11) is -2.91. The zero-order valence-corrected chi connectivity index (χ0v) is 22.7. The Morgan fingerprint density at radius 1 is 1.05 bits per heavy atom. The van der Waals surface area contributed by atoms with Crippen LogP contribution in [0.25, 0.3) is 11.1 Å². The summed E-state index contributed by atoms with van der Waals surface area (Å²) in [6, 6.07) is 15.9. The SMILES string of the molecule is COc1cccc(-c2ccc3c(c2)N(S(=O)(=O)c2cccc(C(F)(F)F)c2)C[C@H](CC(C)(C)NC(C)=O)O3)c1. The van der Waals surface area contributed by atoms with Crippen molar-refractivity contribution in [2.45, 2.75) is 49.9 Å². The van der Waals surface area contributed by atoms with Gasteiger partial charge in [-0.3, -0.25) is 9.10 Å². The molecular formula is C28H29F3N2O5S. The van der Waals surface area contributed by atoms with Crippen LogP contribution < -0.4 is 19.1 Å². The van der Waals surface area contributed by atoms with Crippen LogP contribution in [0.5, 0.6) is 11.5 Å². The van der Waals surface area contributed by atoms with Gasteiger partial charge in [0.1, 0.15) is 17.6 Å². The minimum atomic E-state index is -4.71. The first-order chi connectivity index (χ1) is 18.2. The normalized spacial score (nSPS) is 15.8. The molecule has 1 aliphatic heterocycles. The van der Waals surface area contributed by atoms with Gasteiger partial charge in [-0.05, 0) is 67.4 Å². The topological polar surface area (TPSA) is 84.9 Å². The standard InChI is InChI=1S/C28H29F3N2O5S/c1-18(34)32-27(2,3)16-23-17-33(39(35,36)24-10-6-8-21(15-24)28(29,30)31)25-14-20(11-12-26(25)38-23)19-7-5-9-22(13-19)37-4/h5-15,23H,16-17H2,1-4H3,(H,32,34)/t23-/m0/s1. The first-order valence-corrected chi connectivity index (χ1v) is 13.6. The smallest absolute Gasteiger partial charge is 0.416 e. The molecule has 3 aromatic carbocycles. The number of hydrogen-bond donors (Lipinski definition) is 1. The third-order valence-electron chi connectivity index (χ3n) is 6.30. The number of benzene rings is 3. The van der Waals surface area contributed by atoms with Crippen molar-refractivity contribution in [1.29, 1.82) is 0 Å². The van der Waals surface area contributed by atoms with Crippen LogP contribution in [0.2, 0.25) is 0 Å². The monoisotopic (exact) mass is 562 g/mol. The van der Waals surface area contributed by atoms with Gasteiger partial charge < -0.3 is 14.8 Å². The Morgan fingerprint density at radius 2 is 1.74 bits per heavy atom. The van der Waals surface area contributed by atoms with E-state index in [-0.39, 0.29) is 30.3 Å². The lowest BCUT2D eigenvalue weighted by atomic mass is 9.95. The highest BCUT2D eigenvalue weighted by molar-refractivity contribution is 7.92. The Bertz CT molecular complexity index is 1490. The minimum Gasteiger partial charge on any atom is -0.497 e. The summed E-state index contributed by atoms with van der Waals surface area (Å²) in [5.74, 6) is 0.606. The first kappa shape index (κ1) is 28.3. The second-order valence-electron chi connectivity index (χ2n) is 9.99. The van der Waals surface area contributed by atoms with Gasteiger partial charge in [-0.2, -0.15) is 13.2 Å². The summed E-state index contributed by atoms with van der Waals surface area (Å²) in [5, 5.41) is 2.82. The molecule has 0 spiro atoms. The van der Waals surface area contributed by atoms with E-state index in [0.29, 0.717) is 17.4 Å². The van der Waals surface area contributed by atoms with Crippen LogP contribution >= 0.6 is 0 Å². The minimum absolute atomic E-state index is 0.170. The van der Waals surface area contributed by atoms with Crippen LogP contribution in [0, 0.1) is 0 Å². The zero-order chi connectivity index (χ0) is 28.6. The summed E-state index contributed by atoms with van der Waals surface area (Å²) in [6.45, 7) is 4.77. The number of alkyl halides is 3. The number of amides is 1. The largest absolute Gasteiger partial charge is 0.497 e. The van der Waals surface area contributed by atoms with E-state index in [9.17, 15) is 26.4 Å². The van der Waals surface area contributed by atoms with Crippen LogP contribution in [0.1, 0.15) is 32.8 Å². The number of anilines is 1. The van der Waals surface area contributed by atoms with Gasteiger partial charge in [0.25, 0.3) is 10.0 Å². The summed E-state index contributed by atoms with van der Waals surface area (Å²) in [4.78, 5) is 11.2. The molecule has 4 rings (SSSR count). The number of nitrogens with zero attached hydrogens (tertiary/aromatic N) is 1. The molecule has 0 fully saturated rings. The predicted molar refractivity (Wildman–Crippen MR) is 141 cm³/mol. The second-order valence-corrected chi connectivity index (χ2v) is 11.8. The predicted octanol–water partition coefficient (Wildman–Crippen LogP) is 5.64. The number of nitrogens with one attached hydrogen (secondary N) is 1. The number of sulfonamides is 1. The number of carbonyl (C=O) groups excluding carboxylic acids is 1. The summed E-state index contributed by atoms with van der Waals surface area (Å²) in [6.07, 6.45) is -5.15. The van der Waals surface area contributed by atoms with Gasteiger partial charge in [-0.25, -0.2) is 8.42 Å². The van der Waals surface area contributed by atoms with E-state index < -0.39 is 38.3 Å². The summed E-state index contributed by atoms with van der Waals surface area (Å²) < 4.78 is 80.6. The molecule has 1 heterocycles. The highest BCUT2D eigenvalue weighted by atomic mass is 32.2. The summed E-state index contributed by atoms with van der Waals surface area (Å²) >= 11 is 0. The molecule has 1 atom stereocenters. The Morgan fingerprint density at radius 3 is 2.41 bits per heavy atom. The lowest BCUT2D eigenvalue weighted by Crippen LogP contribution is -2.50. The Balaban J connectivity index is 1.81. The van der Waals surface area contributed by atoms with Crippen molar-refractivity contribution < 1.29 is 35.9 Å². The molecule has 208 valence electrons. The van der Waals surface area contributed by atoms with Crippen molar-refractivity contribution in [1.82, 2.24) is 5.32 Å². The molecule has 0 unspecified atom stereocenters. The zero-order valence-electron chi connectivity index (χ0n) is 21.9. The number of carbonyl (C=O) groups is 1. The Labute approximate surface area is 225 Å². The van der Waals surface area contributed by atoms with Crippen molar-refractivity contribution in [3.8, 4) is 22.6 Å². The van der Waals surface area contributed by atoms with Gasteiger partial charge in [0.05, 0.1) is 29.8 Å². The van der Waals surface area contributed by atoms with E-state index in [1.54, 1.807) is 50.2 Å². The number of halogens is 3. The van der Waals surface area contributed by atoms with Gasteiger partial charge in [0.2, 0.25) is 5.91 Å². The number of hydrogen-bond acceptors (Lipinski definition) is 5. The fourth-order valence-electron chi connectivity index (χ4n) is 4.68. The maximum absolute atomic E-state index is 13.9. The lowest BCUT2D eigenvalue weighted by molar-refractivity contribution is -0.137. The molecule has 0 aliphatic carbocycles. The number of ether oxygens (including phenoxy) is 2. The molecule has 0 radical (unpaired) electrons. The second kappa shape index (κ2) is 10.4. The first-order valence-electron chi connectivity index (χ1n) is 12.1. The number of fused-ring (bicyclic) bond motifs is 1. The van der Waals surface area contributed by atoms with E-state index in [0.717, 1.165) is 28.1 Å². The van der Waals surface area contributed by atoms with E-state index in [2.05, 4.69) is 5.32 Å².